The van der Waals surface area contributed by atoms with Gasteiger partial charge in [0.1, 0.15) is 5.75 Å². The van der Waals surface area contributed by atoms with E-state index in [2.05, 4.69) is 10.6 Å². The fourth-order valence-corrected chi connectivity index (χ4v) is 1.65. The first-order valence-corrected chi connectivity index (χ1v) is 6.41. The Balaban J connectivity index is 2.49. The zero-order valence-electron chi connectivity index (χ0n) is 10.7. The van der Waals surface area contributed by atoms with E-state index in [-0.39, 0.29) is 17.7 Å². The minimum absolute atomic E-state index is 0.0432. The third kappa shape index (κ3) is 4.55. The molecule has 1 aromatic rings. The lowest BCUT2D eigenvalue weighted by molar-refractivity contribution is -0.122. The van der Waals surface area contributed by atoms with Gasteiger partial charge in [-0.2, -0.15) is 0 Å². The van der Waals surface area contributed by atoms with E-state index in [1.165, 1.54) is 0 Å². The van der Waals surface area contributed by atoms with E-state index in [9.17, 15) is 9.90 Å². The smallest absolute Gasteiger partial charge is 0.236 e. The Morgan fingerprint density at radius 1 is 1.50 bits per heavy atom. The maximum Gasteiger partial charge on any atom is 0.236 e. The van der Waals surface area contributed by atoms with Crippen LogP contribution in [0.1, 0.15) is 25.8 Å². The molecule has 18 heavy (non-hydrogen) atoms. The van der Waals surface area contributed by atoms with Gasteiger partial charge in [0.2, 0.25) is 5.91 Å². The number of phenols is 1. The predicted octanol–water partition coefficient (Wildman–Crippen LogP) is 2.05. The summed E-state index contributed by atoms with van der Waals surface area (Å²) < 4.78 is 0. The Kier molecular flexibility index (Phi) is 5.95. The molecular weight excluding hydrogens is 252 g/mol. The van der Waals surface area contributed by atoms with Gasteiger partial charge in [-0.3, -0.25) is 4.79 Å². The molecule has 0 saturated carbocycles. The van der Waals surface area contributed by atoms with Crippen molar-refractivity contribution in [3.05, 3.63) is 28.8 Å². The second-order valence-corrected chi connectivity index (χ2v) is 4.60. The first-order chi connectivity index (χ1) is 8.54. The third-order valence-electron chi connectivity index (χ3n) is 2.58. The number of aromatic hydroxyl groups is 1. The molecule has 0 aliphatic heterocycles. The summed E-state index contributed by atoms with van der Waals surface area (Å²) in [6.07, 6.45) is 0.910. The number of phenolic OH excluding ortho intramolecular Hbond substituents is 1. The molecule has 1 aromatic carbocycles. The van der Waals surface area contributed by atoms with Crippen LogP contribution in [0.2, 0.25) is 5.02 Å². The fourth-order valence-electron chi connectivity index (χ4n) is 1.45. The lowest BCUT2D eigenvalue weighted by Crippen LogP contribution is -2.42. The number of amides is 1. The number of halogens is 1. The van der Waals surface area contributed by atoms with E-state index < -0.39 is 0 Å². The lowest BCUT2D eigenvalue weighted by Gasteiger charge is -2.14. The highest BCUT2D eigenvalue weighted by atomic mass is 35.5. The molecule has 0 spiro atoms. The number of carbonyl (C=O) groups excluding carboxylic acids is 1. The Bertz CT molecular complexity index is 410. The molecule has 1 atom stereocenters. The van der Waals surface area contributed by atoms with Crippen LogP contribution in [0.4, 0.5) is 0 Å². The minimum Gasteiger partial charge on any atom is -0.508 e. The molecule has 0 bridgehead atoms. The van der Waals surface area contributed by atoms with Crippen molar-refractivity contribution >= 4 is 17.5 Å². The zero-order valence-corrected chi connectivity index (χ0v) is 11.4. The summed E-state index contributed by atoms with van der Waals surface area (Å²) in [7, 11) is 0. The molecule has 100 valence electrons. The number of nitrogens with one attached hydrogen (secondary N) is 2. The van der Waals surface area contributed by atoms with Crippen LogP contribution in [0.3, 0.4) is 0 Å². The van der Waals surface area contributed by atoms with Crippen molar-refractivity contribution in [2.75, 3.05) is 6.54 Å². The molecule has 0 aromatic heterocycles. The van der Waals surface area contributed by atoms with E-state index in [4.69, 9.17) is 11.6 Å². The molecule has 0 fully saturated rings. The van der Waals surface area contributed by atoms with Crippen molar-refractivity contribution in [3.63, 3.8) is 0 Å². The molecule has 0 heterocycles. The minimum atomic E-state index is -0.310. The molecule has 1 rings (SSSR count). The summed E-state index contributed by atoms with van der Waals surface area (Å²) in [5.74, 6) is 0.131. The van der Waals surface area contributed by atoms with Crippen molar-refractivity contribution in [1.82, 2.24) is 10.6 Å². The molecule has 0 radical (unpaired) electrons. The Labute approximate surface area is 112 Å². The lowest BCUT2D eigenvalue weighted by atomic mass is 10.2. The summed E-state index contributed by atoms with van der Waals surface area (Å²) in [5, 5.41) is 16.0. The van der Waals surface area contributed by atoms with Crippen molar-refractivity contribution in [2.24, 2.45) is 0 Å². The molecule has 3 N–H and O–H groups in total. The summed E-state index contributed by atoms with van der Waals surface area (Å²) in [6, 6.07) is 4.54. The second kappa shape index (κ2) is 7.24. The van der Waals surface area contributed by atoms with Crippen LogP contribution in [0.25, 0.3) is 0 Å². The SMILES string of the molecule is CCCNC(=O)C(C)NCc1cc(Cl)ccc1O. The van der Waals surface area contributed by atoms with Gasteiger partial charge < -0.3 is 15.7 Å². The fraction of sp³-hybridized carbons (Fsp3) is 0.462. The summed E-state index contributed by atoms with van der Waals surface area (Å²) >= 11 is 5.85. The standard InChI is InChI=1S/C13H19ClN2O2/c1-3-6-15-13(18)9(2)16-8-10-7-11(14)4-5-12(10)17/h4-5,7,9,16-17H,3,6,8H2,1-2H3,(H,15,18). The third-order valence-corrected chi connectivity index (χ3v) is 2.82. The van der Waals surface area contributed by atoms with Gasteiger partial charge in [-0.25, -0.2) is 0 Å². The summed E-state index contributed by atoms with van der Waals surface area (Å²) in [4.78, 5) is 11.6. The van der Waals surface area contributed by atoms with Crippen molar-refractivity contribution in [2.45, 2.75) is 32.9 Å². The number of carbonyl (C=O) groups is 1. The van der Waals surface area contributed by atoms with Gasteiger partial charge in [0.25, 0.3) is 0 Å². The van der Waals surface area contributed by atoms with Gasteiger partial charge in [0.15, 0.2) is 0 Å². The van der Waals surface area contributed by atoms with E-state index in [0.29, 0.717) is 23.7 Å². The number of benzene rings is 1. The topological polar surface area (TPSA) is 61.4 Å². The molecule has 1 unspecified atom stereocenters. The van der Waals surface area contributed by atoms with Crippen molar-refractivity contribution in [3.8, 4) is 5.75 Å². The maximum atomic E-state index is 11.6. The molecule has 0 saturated heterocycles. The average Bonchev–Trinajstić information content (AvgIpc) is 2.36. The van der Waals surface area contributed by atoms with Gasteiger partial charge in [0.05, 0.1) is 6.04 Å². The number of hydrogen-bond acceptors (Lipinski definition) is 3. The predicted molar refractivity (Wildman–Crippen MR) is 72.7 cm³/mol. The van der Waals surface area contributed by atoms with Crippen molar-refractivity contribution < 1.29 is 9.90 Å². The average molecular weight is 271 g/mol. The first-order valence-electron chi connectivity index (χ1n) is 6.03. The Hall–Kier alpha value is -1.26. The van der Waals surface area contributed by atoms with Crippen LogP contribution in [0.5, 0.6) is 5.75 Å². The van der Waals surface area contributed by atoms with Crippen molar-refractivity contribution in [1.29, 1.82) is 0 Å². The molecule has 4 nitrogen and oxygen atoms in total. The summed E-state index contributed by atoms with van der Waals surface area (Å²) in [5.41, 5.74) is 0.678. The van der Waals surface area contributed by atoms with E-state index >= 15 is 0 Å². The highest BCUT2D eigenvalue weighted by Crippen LogP contribution is 2.21. The van der Waals surface area contributed by atoms with Gasteiger partial charge in [-0.05, 0) is 31.5 Å². The van der Waals surface area contributed by atoms with Crippen LogP contribution >= 0.6 is 11.6 Å². The van der Waals surface area contributed by atoms with E-state index in [0.717, 1.165) is 6.42 Å². The molecule has 5 heteroatoms. The Morgan fingerprint density at radius 3 is 2.89 bits per heavy atom. The summed E-state index contributed by atoms with van der Waals surface area (Å²) in [6.45, 7) is 4.86. The Morgan fingerprint density at radius 2 is 2.22 bits per heavy atom. The van der Waals surface area contributed by atoms with Crippen LogP contribution < -0.4 is 10.6 Å². The highest BCUT2D eigenvalue weighted by Gasteiger charge is 2.12. The first kappa shape index (κ1) is 14.8. The molecule has 1 amide bonds. The van der Waals surface area contributed by atoms with Crippen LogP contribution in [-0.4, -0.2) is 23.6 Å². The highest BCUT2D eigenvalue weighted by molar-refractivity contribution is 6.30. The zero-order chi connectivity index (χ0) is 13.5. The van der Waals surface area contributed by atoms with Crippen LogP contribution in [0, 0.1) is 0 Å². The van der Waals surface area contributed by atoms with E-state index in [1.54, 1.807) is 25.1 Å². The van der Waals surface area contributed by atoms with Gasteiger partial charge in [-0.15, -0.1) is 0 Å². The monoisotopic (exact) mass is 270 g/mol. The van der Waals surface area contributed by atoms with Crippen LogP contribution in [-0.2, 0) is 11.3 Å². The quantitative estimate of drug-likeness (QED) is 0.741. The molecule has 0 aliphatic carbocycles. The molecule has 0 aliphatic rings. The maximum absolute atomic E-state index is 11.6. The largest absolute Gasteiger partial charge is 0.508 e. The van der Waals surface area contributed by atoms with E-state index in [1.807, 2.05) is 6.92 Å². The van der Waals surface area contributed by atoms with Gasteiger partial charge in [-0.1, -0.05) is 18.5 Å². The second-order valence-electron chi connectivity index (χ2n) is 4.17. The van der Waals surface area contributed by atoms with Gasteiger partial charge >= 0.3 is 0 Å². The normalized spacial score (nSPS) is 12.2. The number of rotatable bonds is 6. The van der Waals surface area contributed by atoms with Gasteiger partial charge in [0, 0.05) is 23.7 Å². The molecular formula is C13H19ClN2O2. The van der Waals surface area contributed by atoms with Crippen LogP contribution in [0.15, 0.2) is 18.2 Å². The number of hydrogen-bond donors (Lipinski definition) is 3.